The Kier molecular flexibility index (Phi) is 2.86. The van der Waals surface area contributed by atoms with Gasteiger partial charge in [-0.25, -0.2) is 0 Å². The van der Waals surface area contributed by atoms with Crippen molar-refractivity contribution in [2.24, 2.45) is 5.92 Å². The Labute approximate surface area is 61.6 Å². The van der Waals surface area contributed by atoms with Gasteiger partial charge in [0.1, 0.15) is 0 Å². The first-order chi connectivity index (χ1) is 4.34. The third-order valence-corrected chi connectivity index (χ3v) is 3.19. The SMILES string of the molecule is CNC1CSCCC1C. The van der Waals surface area contributed by atoms with Gasteiger partial charge in [0.25, 0.3) is 0 Å². The first-order valence-corrected chi connectivity index (χ1v) is 4.75. The second-order valence-electron chi connectivity index (χ2n) is 2.74. The average molecular weight is 145 g/mol. The fraction of sp³-hybridized carbons (Fsp3) is 1.00. The molecule has 9 heavy (non-hydrogen) atoms. The zero-order valence-corrected chi connectivity index (χ0v) is 7.00. The van der Waals surface area contributed by atoms with Gasteiger partial charge in [-0.15, -0.1) is 0 Å². The quantitative estimate of drug-likeness (QED) is 0.597. The van der Waals surface area contributed by atoms with Crippen molar-refractivity contribution in [1.29, 1.82) is 0 Å². The third kappa shape index (κ3) is 1.87. The minimum Gasteiger partial charge on any atom is -0.316 e. The van der Waals surface area contributed by atoms with Crippen molar-refractivity contribution in [2.45, 2.75) is 19.4 Å². The second-order valence-corrected chi connectivity index (χ2v) is 3.89. The third-order valence-electron chi connectivity index (χ3n) is 2.07. The van der Waals surface area contributed by atoms with E-state index in [1.54, 1.807) is 0 Å². The van der Waals surface area contributed by atoms with Crippen molar-refractivity contribution in [2.75, 3.05) is 18.6 Å². The van der Waals surface area contributed by atoms with Crippen molar-refractivity contribution in [3.63, 3.8) is 0 Å². The molecule has 2 heteroatoms. The highest BCUT2D eigenvalue weighted by Crippen LogP contribution is 2.21. The summed E-state index contributed by atoms with van der Waals surface area (Å²) in [4.78, 5) is 0. The molecule has 1 fully saturated rings. The molecule has 1 saturated heterocycles. The van der Waals surface area contributed by atoms with E-state index >= 15 is 0 Å². The zero-order chi connectivity index (χ0) is 6.69. The summed E-state index contributed by atoms with van der Waals surface area (Å²) in [7, 11) is 2.06. The Hall–Kier alpha value is 0.310. The van der Waals surface area contributed by atoms with E-state index < -0.39 is 0 Å². The van der Waals surface area contributed by atoms with Gasteiger partial charge < -0.3 is 5.32 Å². The molecule has 0 aliphatic carbocycles. The molecule has 0 radical (unpaired) electrons. The average Bonchev–Trinajstić information content (AvgIpc) is 1.89. The van der Waals surface area contributed by atoms with Crippen LogP contribution in [0, 0.1) is 5.92 Å². The normalized spacial score (nSPS) is 36.7. The highest BCUT2D eigenvalue weighted by Gasteiger charge is 2.18. The van der Waals surface area contributed by atoms with Crippen molar-refractivity contribution >= 4 is 11.8 Å². The number of rotatable bonds is 1. The van der Waals surface area contributed by atoms with Crippen LogP contribution in [0.4, 0.5) is 0 Å². The summed E-state index contributed by atoms with van der Waals surface area (Å²) in [5.41, 5.74) is 0. The van der Waals surface area contributed by atoms with Gasteiger partial charge in [0.15, 0.2) is 0 Å². The maximum atomic E-state index is 3.33. The van der Waals surface area contributed by atoms with Crippen LogP contribution < -0.4 is 5.32 Å². The fourth-order valence-electron chi connectivity index (χ4n) is 1.21. The summed E-state index contributed by atoms with van der Waals surface area (Å²) in [6, 6.07) is 0.767. The first kappa shape index (κ1) is 7.42. The number of hydrogen-bond donors (Lipinski definition) is 1. The molecule has 1 N–H and O–H groups in total. The highest BCUT2D eigenvalue weighted by atomic mass is 32.2. The smallest absolute Gasteiger partial charge is 0.0181 e. The predicted octanol–water partition coefficient (Wildman–Crippen LogP) is 1.35. The molecule has 2 unspecified atom stereocenters. The summed E-state index contributed by atoms with van der Waals surface area (Å²) in [5.74, 6) is 3.55. The number of thioether (sulfide) groups is 1. The lowest BCUT2D eigenvalue weighted by molar-refractivity contribution is 0.413. The molecule has 0 aromatic carbocycles. The van der Waals surface area contributed by atoms with Crippen molar-refractivity contribution in [3.05, 3.63) is 0 Å². The molecular formula is C7H15NS. The van der Waals surface area contributed by atoms with E-state index in [1.165, 1.54) is 17.9 Å². The molecule has 1 rings (SSSR count). The van der Waals surface area contributed by atoms with Crippen LogP contribution in [0.15, 0.2) is 0 Å². The summed E-state index contributed by atoms with van der Waals surface area (Å²) >= 11 is 2.07. The minimum absolute atomic E-state index is 0.767. The van der Waals surface area contributed by atoms with Gasteiger partial charge in [-0.3, -0.25) is 0 Å². The molecule has 0 bridgehead atoms. The van der Waals surface area contributed by atoms with Crippen LogP contribution in [0.5, 0.6) is 0 Å². The van der Waals surface area contributed by atoms with Crippen LogP contribution in [0.2, 0.25) is 0 Å². The highest BCUT2D eigenvalue weighted by molar-refractivity contribution is 7.99. The molecule has 0 amide bonds. The van der Waals surface area contributed by atoms with Crippen molar-refractivity contribution in [1.82, 2.24) is 5.32 Å². The second kappa shape index (κ2) is 3.47. The van der Waals surface area contributed by atoms with E-state index in [9.17, 15) is 0 Å². The van der Waals surface area contributed by atoms with Crippen molar-refractivity contribution in [3.8, 4) is 0 Å². The molecular weight excluding hydrogens is 130 g/mol. The van der Waals surface area contributed by atoms with E-state index in [2.05, 4.69) is 31.1 Å². The van der Waals surface area contributed by atoms with E-state index in [1.807, 2.05) is 0 Å². The molecule has 1 aliphatic rings. The van der Waals surface area contributed by atoms with Gasteiger partial charge in [-0.05, 0) is 25.1 Å². The maximum absolute atomic E-state index is 3.33. The topological polar surface area (TPSA) is 12.0 Å². The Morgan fingerprint density at radius 1 is 1.56 bits per heavy atom. The Bertz CT molecular complexity index is 85.0. The van der Waals surface area contributed by atoms with E-state index in [0.717, 1.165) is 12.0 Å². The summed E-state index contributed by atoms with van der Waals surface area (Å²) in [6.07, 6.45) is 1.39. The van der Waals surface area contributed by atoms with Crippen LogP contribution in [0.25, 0.3) is 0 Å². The first-order valence-electron chi connectivity index (χ1n) is 3.59. The molecule has 54 valence electrons. The Balaban J connectivity index is 2.30. The van der Waals surface area contributed by atoms with E-state index in [-0.39, 0.29) is 0 Å². The molecule has 1 nitrogen and oxygen atoms in total. The lowest BCUT2D eigenvalue weighted by Gasteiger charge is -2.27. The summed E-state index contributed by atoms with van der Waals surface area (Å²) < 4.78 is 0. The van der Waals surface area contributed by atoms with Crippen LogP contribution in [0.1, 0.15) is 13.3 Å². The van der Waals surface area contributed by atoms with Crippen LogP contribution in [-0.4, -0.2) is 24.6 Å². The monoisotopic (exact) mass is 145 g/mol. The fourth-order valence-corrected chi connectivity index (χ4v) is 2.67. The van der Waals surface area contributed by atoms with E-state index in [0.29, 0.717) is 0 Å². The summed E-state index contributed by atoms with van der Waals surface area (Å²) in [6.45, 7) is 2.33. The largest absolute Gasteiger partial charge is 0.316 e. The Morgan fingerprint density at radius 3 is 2.78 bits per heavy atom. The summed E-state index contributed by atoms with van der Waals surface area (Å²) in [5, 5.41) is 3.33. The lowest BCUT2D eigenvalue weighted by Crippen LogP contribution is -2.37. The van der Waals surface area contributed by atoms with Crippen LogP contribution >= 0.6 is 11.8 Å². The van der Waals surface area contributed by atoms with Gasteiger partial charge in [0, 0.05) is 11.8 Å². The molecule has 2 atom stereocenters. The van der Waals surface area contributed by atoms with Gasteiger partial charge >= 0.3 is 0 Å². The molecule has 0 spiro atoms. The molecule has 0 saturated carbocycles. The van der Waals surface area contributed by atoms with Gasteiger partial charge in [-0.1, -0.05) is 6.92 Å². The lowest BCUT2D eigenvalue weighted by atomic mass is 10.0. The van der Waals surface area contributed by atoms with Gasteiger partial charge in [0.2, 0.25) is 0 Å². The van der Waals surface area contributed by atoms with Crippen LogP contribution in [0.3, 0.4) is 0 Å². The Morgan fingerprint density at radius 2 is 2.33 bits per heavy atom. The minimum atomic E-state index is 0.767. The predicted molar refractivity (Wildman–Crippen MR) is 44.0 cm³/mol. The van der Waals surface area contributed by atoms with Crippen LogP contribution in [-0.2, 0) is 0 Å². The standard InChI is InChI=1S/C7H15NS/c1-6-3-4-9-5-7(6)8-2/h6-8H,3-5H2,1-2H3. The maximum Gasteiger partial charge on any atom is 0.0181 e. The zero-order valence-electron chi connectivity index (χ0n) is 6.18. The molecule has 1 aliphatic heterocycles. The molecule has 0 aromatic rings. The van der Waals surface area contributed by atoms with Gasteiger partial charge in [-0.2, -0.15) is 11.8 Å². The van der Waals surface area contributed by atoms with Crippen molar-refractivity contribution < 1.29 is 0 Å². The van der Waals surface area contributed by atoms with E-state index in [4.69, 9.17) is 0 Å². The molecule has 1 heterocycles. The molecule has 0 aromatic heterocycles. The number of hydrogen-bond acceptors (Lipinski definition) is 2. The van der Waals surface area contributed by atoms with Gasteiger partial charge in [0.05, 0.1) is 0 Å². The number of nitrogens with one attached hydrogen (secondary N) is 1.